The number of benzene rings is 1. The minimum atomic E-state index is 0.839. The van der Waals surface area contributed by atoms with Gasteiger partial charge in [0.2, 0.25) is 0 Å². The van der Waals surface area contributed by atoms with E-state index in [9.17, 15) is 0 Å². The van der Waals surface area contributed by atoms with Gasteiger partial charge in [-0.25, -0.2) is 0 Å². The van der Waals surface area contributed by atoms with Crippen LogP contribution in [0.1, 0.15) is 38.7 Å². The highest BCUT2D eigenvalue weighted by atomic mass is 32.1. The molecule has 0 aliphatic carbocycles. The minimum Gasteiger partial charge on any atom is -0.381 e. The van der Waals surface area contributed by atoms with Crippen molar-refractivity contribution in [2.45, 2.75) is 39.5 Å². The van der Waals surface area contributed by atoms with Crippen LogP contribution in [0.15, 0.2) is 29.6 Å². The Labute approximate surface area is 139 Å². The topological polar surface area (TPSA) is 12.5 Å². The third-order valence-corrected chi connectivity index (χ3v) is 5.11. The predicted molar refractivity (Wildman–Crippen MR) is 98.0 cm³/mol. The molecule has 1 aromatic carbocycles. The van der Waals surface area contributed by atoms with Gasteiger partial charge in [-0.3, -0.25) is 0 Å². The number of unbranched alkanes of at least 4 members (excludes halogenated alkanes) is 2. The summed E-state index contributed by atoms with van der Waals surface area (Å²) in [6.45, 7) is 9.78. The molecule has 0 bridgehead atoms. The number of hydrogen-bond acceptors (Lipinski definition) is 3. The van der Waals surface area contributed by atoms with Crippen molar-refractivity contribution >= 4 is 21.4 Å². The molecule has 2 rings (SSSR count). The first-order chi connectivity index (χ1) is 10.8. The smallest absolute Gasteiger partial charge is 0.0506 e. The molecule has 0 saturated heterocycles. The van der Waals surface area contributed by atoms with Gasteiger partial charge in [0.05, 0.1) is 6.61 Å². The summed E-state index contributed by atoms with van der Waals surface area (Å²) in [6.07, 6.45) is 4.77. The zero-order valence-electron chi connectivity index (χ0n) is 14.0. The molecule has 0 spiro atoms. The number of nitrogens with zero attached hydrogens (tertiary/aromatic N) is 1. The summed E-state index contributed by atoms with van der Waals surface area (Å²) in [4.78, 5) is 2.49. The average Bonchev–Trinajstić information content (AvgIpc) is 3.01. The zero-order valence-corrected chi connectivity index (χ0v) is 14.8. The summed E-state index contributed by atoms with van der Waals surface area (Å²) >= 11 is 1.81. The molecule has 0 saturated carbocycles. The number of thiophene rings is 1. The van der Waals surface area contributed by atoms with Crippen molar-refractivity contribution < 1.29 is 4.74 Å². The molecule has 0 radical (unpaired) electrons. The lowest BCUT2D eigenvalue weighted by molar-refractivity contribution is 0.132. The molecular formula is C19H29NOS. The van der Waals surface area contributed by atoms with Gasteiger partial charge >= 0.3 is 0 Å². The lowest BCUT2D eigenvalue weighted by Crippen LogP contribution is -2.23. The Hall–Kier alpha value is -0.900. The summed E-state index contributed by atoms with van der Waals surface area (Å²) in [5, 5.41) is 3.52. The SMILES string of the molecule is CCN(CC)CCCCCOCCc1ccc2sccc2c1. The first-order valence-corrected chi connectivity index (χ1v) is 9.47. The Kier molecular flexibility index (Phi) is 7.92. The van der Waals surface area contributed by atoms with Crippen molar-refractivity contribution in [3.05, 3.63) is 35.2 Å². The van der Waals surface area contributed by atoms with Gasteiger partial charge in [-0.15, -0.1) is 11.3 Å². The van der Waals surface area contributed by atoms with Gasteiger partial charge < -0.3 is 9.64 Å². The van der Waals surface area contributed by atoms with Crippen LogP contribution in [0.2, 0.25) is 0 Å². The molecule has 0 N–H and O–H groups in total. The molecule has 2 nitrogen and oxygen atoms in total. The highest BCUT2D eigenvalue weighted by Crippen LogP contribution is 2.21. The van der Waals surface area contributed by atoms with Crippen molar-refractivity contribution in [2.24, 2.45) is 0 Å². The maximum atomic E-state index is 5.78. The fraction of sp³-hybridized carbons (Fsp3) is 0.579. The van der Waals surface area contributed by atoms with E-state index in [1.54, 1.807) is 11.3 Å². The Morgan fingerprint density at radius 2 is 1.86 bits per heavy atom. The molecule has 0 amide bonds. The van der Waals surface area contributed by atoms with Crippen LogP contribution in [0, 0.1) is 0 Å². The highest BCUT2D eigenvalue weighted by Gasteiger charge is 2.00. The number of fused-ring (bicyclic) bond motifs is 1. The Bertz CT molecular complexity index is 533. The molecule has 0 aliphatic rings. The van der Waals surface area contributed by atoms with Gasteiger partial charge in [0.1, 0.15) is 0 Å². The fourth-order valence-electron chi connectivity index (χ4n) is 2.72. The van der Waals surface area contributed by atoms with Crippen molar-refractivity contribution in [1.82, 2.24) is 4.90 Å². The van der Waals surface area contributed by atoms with E-state index in [0.29, 0.717) is 0 Å². The van der Waals surface area contributed by atoms with E-state index in [2.05, 4.69) is 48.4 Å². The van der Waals surface area contributed by atoms with Gasteiger partial charge in [-0.2, -0.15) is 0 Å². The van der Waals surface area contributed by atoms with Gasteiger partial charge in [0.15, 0.2) is 0 Å². The summed E-state index contributed by atoms with van der Waals surface area (Å²) < 4.78 is 7.15. The van der Waals surface area contributed by atoms with Gasteiger partial charge in [0, 0.05) is 11.3 Å². The fourth-order valence-corrected chi connectivity index (χ4v) is 3.49. The molecule has 122 valence electrons. The number of hydrogen-bond donors (Lipinski definition) is 0. The Balaban J connectivity index is 1.52. The quantitative estimate of drug-likeness (QED) is 0.542. The van der Waals surface area contributed by atoms with E-state index >= 15 is 0 Å². The normalized spacial score (nSPS) is 11.6. The first-order valence-electron chi connectivity index (χ1n) is 8.59. The minimum absolute atomic E-state index is 0.839. The molecule has 2 aromatic rings. The van der Waals surface area contributed by atoms with Crippen LogP contribution in [0.4, 0.5) is 0 Å². The zero-order chi connectivity index (χ0) is 15.6. The third kappa shape index (κ3) is 5.71. The third-order valence-electron chi connectivity index (χ3n) is 4.21. The highest BCUT2D eigenvalue weighted by molar-refractivity contribution is 7.17. The van der Waals surface area contributed by atoms with E-state index in [1.165, 1.54) is 54.5 Å². The average molecular weight is 320 g/mol. The standard InChI is InChI=1S/C19H29NOS/c1-3-20(4-2)12-6-5-7-13-21-14-10-17-8-9-19-18(16-17)11-15-22-19/h8-9,11,15-16H,3-7,10,12-14H2,1-2H3. The Morgan fingerprint density at radius 3 is 2.68 bits per heavy atom. The van der Waals surface area contributed by atoms with E-state index in [4.69, 9.17) is 4.74 Å². The van der Waals surface area contributed by atoms with Crippen molar-refractivity contribution in [2.75, 3.05) is 32.8 Å². The van der Waals surface area contributed by atoms with E-state index in [0.717, 1.165) is 19.6 Å². The van der Waals surface area contributed by atoms with E-state index < -0.39 is 0 Å². The molecule has 0 aliphatic heterocycles. The predicted octanol–water partition coefficient (Wildman–Crippen LogP) is 4.97. The van der Waals surface area contributed by atoms with E-state index in [1.807, 2.05) is 0 Å². The lowest BCUT2D eigenvalue weighted by Gasteiger charge is -2.17. The maximum absolute atomic E-state index is 5.78. The molecule has 3 heteroatoms. The van der Waals surface area contributed by atoms with Crippen molar-refractivity contribution in [3.8, 4) is 0 Å². The molecule has 0 fully saturated rings. The van der Waals surface area contributed by atoms with Crippen LogP contribution in [-0.2, 0) is 11.2 Å². The van der Waals surface area contributed by atoms with E-state index in [-0.39, 0.29) is 0 Å². The van der Waals surface area contributed by atoms with Gasteiger partial charge in [-0.1, -0.05) is 26.0 Å². The summed E-state index contributed by atoms with van der Waals surface area (Å²) in [7, 11) is 0. The molecular weight excluding hydrogens is 290 g/mol. The second kappa shape index (κ2) is 9.98. The summed E-state index contributed by atoms with van der Waals surface area (Å²) in [5.41, 5.74) is 1.38. The summed E-state index contributed by atoms with van der Waals surface area (Å²) in [5.74, 6) is 0. The number of rotatable bonds is 11. The van der Waals surface area contributed by atoms with Gasteiger partial charge in [-0.05, 0) is 73.8 Å². The Morgan fingerprint density at radius 1 is 1.00 bits per heavy atom. The van der Waals surface area contributed by atoms with Crippen LogP contribution in [0.3, 0.4) is 0 Å². The first kappa shape index (κ1) is 17.5. The lowest BCUT2D eigenvalue weighted by atomic mass is 10.1. The van der Waals surface area contributed by atoms with Crippen molar-refractivity contribution in [3.63, 3.8) is 0 Å². The summed E-state index contributed by atoms with van der Waals surface area (Å²) in [6, 6.07) is 8.94. The second-order valence-corrected chi connectivity index (χ2v) is 6.69. The van der Waals surface area contributed by atoms with Crippen LogP contribution < -0.4 is 0 Å². The maximum Gasteiger partial charge on any atom is 0.0506 e. The molecule has 0 unspecified atom stereocenters. The largest absolute Gasteiger partial charge is 0.381 e. The molecule has 22 heavy (non-hydrogen) atoms. The monoisotopic (exact) mass is 319 g/mol. The van der Waals surface area contributed by atoms with Crippen LogP contribution >= 0.6 is 11.3 Å². The number of ether oxygens (including phenoxy) is 1. The molecule has 1 heterocycles. The van der Waals surface area contributed by atoms with Crippen LogP contribution in [0.5, 0.6) is 0 Å². The molecule has 0 atom stereocenters. The van der Waals surface area contributed by atoms with Crippen molar-refractivity contribution in [1.29, 1.82) is 0 Å². The van der Waals surface area contributed by atoms with Gasteiger partial charge in [0.25, 0.3) is 0 Å². The second-order valence-electron chi connectivity index (χ2n) is 5.74. The van der Waals surface area contributed by atoms with Crippen LogP contribution in [0.25, 0.3) is 10.1 Å². The van der Waals surface area contributed by atoms with Crippen LogP contribution in [-0.4, -0.2) is 37.7 Å². The molecule has 1 aromatic heterocycles.